The van der Waals surface area contributed by atoms with E-state index in [0.717, 1.165) is 17.1 Å². The van der Waals surface area contributed by atoms with Gasteiger partial charge in [-0.3, -0.25) is 4.79 Å². The second-order valence-electron chi connectivity index (χ2n) is 7.44. The van der Waals surface area contributed by atoms with Gasteiger partial charge in [0.25, 0.3) is 5.91 Å². The van der Waals surface area contributed by atoms with Crippen molar-refractivity contribution >= 4 is 5.91 Å². The molecule has 2 atom stereocenters. The van der Waals surface area contributed by atoms with Gasteiger partial charge in [-0.15, -0.1) is 0 Å². The van der Waals surface area contributed by atoms with Crippen LogP contribution in [0.5, 0.6) is 23.0 Å². The Labute approximate surface area is 165 Å². The Morgan fingerprint density at radius 3 is 2.54 bits per heavy atom. The van der Waals surface area contributed by atoms with Gasteiger partial charge in [0.05, 0.1) is 20.3 Å². The molecule has 0 aromatic heterocycles. The van der Waals surface area contributed by atoms with E-state index in [0.29, 0.717) is 17.9 Å². The van der Waals surface area contributed by atoms with Gasteiger partial charge < -0.3 is 24.3 Å². The zero-order valence-electron chi connectivity index (χ0n) is 16.9. The minimum Gasteiger partial charge on any atom is -0.497 e. The van der Waals surface area contributed by atoms with Crippen molar-refractivity contribution in [1.82, 2.24) is 5.32 Å². The molecule has 2 aromatic carbocycles. The van der Waals surface area contributed by atoms with Crippen molar-refractivity contribution in [2.24, 2.45) is 0 Å². The van der Waals surface area contributed by atoms with Crippen LogP contribution in [0.25, 0.3) is 0 Å². The molecule has 1 N–H and O–H groups in total. The maximum Gasteiger partial charge on any atom is 0.261 e. The number of amides is 1. The molecule has 1 amide bonds. The van der Waals surface area contributed by atoms with Crippen LogP contribution in [0.4, 0.5) is 0 Å². The molecule has 150 valence electrons. The van der Waals surface area contributed by atoms with Gasteiger partial charge in [-0.25, -0.2) is 0 Å². The summed E-state index contributed by atoms with van der Waals surface area (Å²) >= 11 is 0. The van der Waals surface area contributed by atoms with Crippen LogP contribution in [0, 0.1) is 0 Å². The van der Waals surface area contributed by atoms with Crippen LogP contribution < -0.4 is 24.3 Å². The molecule has 6 nitrogen and oxygen atoms in total. The molecule has 0 unspecified atom stereocenters. The first kappa shape index (κ1) is 19.9. The second-order valence-corrected chi connectivity index (χ2v) is 7.44. The van der Waals surface area contributed by atoms with Crippen LogP contribution in [0.15, 0.2) is 42.5 Å². The van der Waals surface area contributed by atoms with Gasteiger partial charge in [0.1, 0.15) is 17.1 Å². The topological polar surface area (TPSA) is 66.0 Å². The van der Waals surface area contributed by atoms with Crippen LogP contribution in [0.3, 0.4) is 0 Å². The third-order valence-electron chi connectivity index (χ3n) is 4.73. The molecule has 28 heavy (non-hydrogen) atoms. The number of carbonyl (C=O) groups excluding carboxylic acids is 1. The van der Waals surface area contributed by atoms with Gasteiger partial charge in [-0.05, 0) is 51.1 Å². The third-order valence-corrected chi connectivity index (χ3v) is 4.73. The lowest BCUT2D eigenvalue weighted by Crippen LogP contribution is -2.44. The first-order valence-corrected chi connectivity index (χ1v) is 9.30. The SMILES string of the molecule is COc1ccc2c(c1)[C@@H](NC(=O)[C@H](C)Oc1ccccc1OC)CC(C)(C)O2. The molecule has 2 aromatic rings. The smallest absolute Gasteiger partial charge is 0.261 e. The van der Waals surface area contributed by atoms with E-state index >= 15 is 0 Å². The molecule has 1 aliphatic heterocycles. The number of nitrogens with one attached hydrogen (secondary N) is 1. The minimum atomic E-state index is -0.684. The minimum absolute atomic E-state index is 0.204. The van der Waals surface area contributed by atoms with Crippen molar-refractivity contribution in [2.45, 2.75) is 44.9 Å². The highest BCUT2D eigenvalue weighted by Gasteiger charge is 2.35. The standard InChI is InChI=1S/C22H27NO5/c1-14(27-20-9-7-6-8-19(20)26-5)21(24)23-17-13-22(2,3)28-18-11-10-15(25-4)12-16(17)18/h6-12,14,17H,13H2,1-5H3,(H,23,24)/t14-,17-/m0/s1. The lowest BCUT2D eigenvalue weighted by Gasteiger charge is -2.38. The van der Waals surface area contributed by atoms with Crippen molar-refractivity contribution in [3.05, 3.63) is 48.0 Å². The van der Waals surface area contributed by atoms with Crippen molar-refractivity contribution in [2.75, 3.05) is 14.2 Å². The van der Waals surface area contributed by atoms with E-state index in [1.807, 2.05) is 44.2 Å². The highest BCUT2D eigenvalue weighted by Crippen LogP contribution is 2.41. The summed E-state index contributed by atoms with van der Waals surface area (Å²) in [6, 6.07) is 12.7. The fraction of sp³-hybridized carbons (Fsp3) is 0.409. The van der Waals surface area contributed by atoms with E-state index in [9.17, 15) is 4.79 Å². The molecule has 0 bridgehead atoms. The maximum absolute atomic E-state index is 12.8. The van der Waals surface area contributed by atoms with E-state index in [2.05, 4.69) is 5.32 Å². The van der Waals surface area contributed by atoms with Gasteiger partial charge in [0, 0.05) is 12.0 Å². The number of benzene rings is 2. The second kappa shape index (κ2) is 8.00. The molecule has 0 radical (unpaired) electrons. The zero-order valence-corrected chi connectivity index (χ0v) is 16.9. The Hall–Kier alpha value is -2.89. The molecule has 0 spiro atoms. The monoisotopic (exact) mass is 385 g/mol. The van der Waals surface area contributed by atoms with Crippen LogP contribution in [-0.4, -0.2) is 31.8 Å². The largest absolute Gasteiger partial charge is 0.497 e. The first-order valence-electron chi connectivity index (χ1n) is 9.30. The number of hydrogen-bond donors (Lipinski definition) is 1. The van der Waals surface area contributed by atoms with Crippen LogP contribution in [-0.2, 0) is 4.79 Å². The average Bonchev–Trinajstić information content (AvgIpc) is 2.67. The van der Waals surface area contributed by atoms with Crippen molar-refractivity contribution in [3.63, 3.8) is 0 Å². The van der Waals surface area contributed by atoms with E-state index in [4.69, 9.17) is 18.9 Å². The molecule has 0 saturated carbocycles. The molecule has 1 heterocycles. The molecule has 0 aliphatic carbocycles. The van der Waals surface area contributed by atoms with Gasteiger partial charge in [-0.1, -0.05) is 12.1 Å². The molecular weight excluding hydrogens is 358 g/mol. The Morgan fingerprint density at radius 1 is 1.14 bits per heavy atom. The van der Waals surface area contributed by atoms with Crippen molar-refractivity contribution < 1.29 is 23.7 Å². The molecule has 3 rings (SSSR count). The number of hydrogen-bond acceptors (Lipinski definition) is 5. The van der Waals surface area contributed by atoms with E-state index in [1.54, 1.807) is 33.3 Å². The quantitative estimate of drug-likeness (QED) is 0.817. The highest BCUT2D eigenvalue weighted by molar-refractivity contribution is 5.81. The Balaban J connectivity index is 1.77. The normalized spacial score (nSPS) is 18.2. The van der Waals surface area contributed by atoms with Gasteiger partial charge >= 0.3 is 0 Å². The number of methoxy groups -OCH3 is 2. The summed E-state index contributed by atoms with van der Waals surface area (Å²) in [5, 5.41) is 3.10. The summed E-state index contributed by atoms with van der Waals surface area (Å²) in [5.74, 6) is 2.38. The first-order chi connectivity index (χ1) is 13.3. The fourth-order valence-electron chi connectivity index (χ4n) is 3.34. The number of ether oxygens (including phenoxy) is 4. The number of para-hydroxylation sites is 2. The van der Waals surface area contributed by atoms with Gasteiger partial charge in [0.2, 0.25) is 0 Å². The summed E-state index contributed by atoms with van der Waals surface area (Å²) in [5.41, 5.74) is 0.503. The lowest BCUT2D eigenvalue weighted by molar-refractivity contribution is -0.128. The fourth-order valence-corrected chi connectivity index (χ4v) is 3.34. The number of rotatable bonds is 6. The summed E-state index contributed by atoms with van der Waals surface area (Å²) in [4.78, 5) is 12.8. The molecule has 1 aliphatic rings. The molecule has 0 saturated heterocycles. The van der Waals surface area contributed by atoms with E-state index in [-0.39, 0.29) is 11.9 Å². The summed E-state index contributed by atoms with van der Waals surface area (Å²) in [6.07, 6.45) is -0.0448. The third kappa shape index (κ3) is 4.32. The van der Waals surface area contributed by atoms with Crippen molar-refractivity contribution in [3.8, 4) is 23.0 Å². The molecule has 0 fully saturated rings. The van der Waals surface area contributed by atoms with Crippen LogP contribution in [0.1, 0.15) is 38.8 Å². The Bertz CT molecular complexity index is 849. The zero-order chi connectivity index (χ0) is 20.3. The van der Waals surface area contributed by atoms with E-state index < -0.39 is 11.7 Å². The summed E-state index contributed by atoms with van der Waals surface area (Å²) < 4.78 is 22.5. The highest BCUT2D eigenvalue weighted by atomic mass is 16.5. The van der Waals surface area contributed by atoms with Crippen LogP contribution >= 0.6 is 0 Å². The average molecular weight is 385 g/mol. The summed E-state index contributed by atoms with van der Waals surface area (Å²) in [6.45, 7) is 5.74. The summed E-state index contributed by atoms with van der Waals surface area (Å²) in [7, 11) is 3.19. The molecular formula is C22H27NO5. The maximum atomic E-state index is 12.8. The van der Waals surface area contributed by atoms with Crippen LogP contribution in [0.2, 0.25) is 0 Å². The predicted molar refractivity (Wildman–Crippen MR) is 106 cm³/mol. The Kier molecular flexibility index (Phi) is 5.68. The predicted octanol–water partition coefficient (Wildman–Crippen LogP) is 3.89. The van der Waals surface area contributed by atoms with Gasteiger partial charge in [-0.2, -0.15) is 0 Å². The number of carbonyl (C=O) groups is 1. The molecule has 6 heteroatoms. The lowest BCUT2D eigenvalue weighted by atomic mass is 9.89. The number of fused-ring (bicyclic) bond motifs is 1. The van der Waals surface area contributed by atoms with Gasteiger partial charge in [0.15, 0.2) is 17.6 Å². The Morgan fingerprint density at radius 2 is 1.86 bits per heavy atom. The van der Waals surface area contributed by atoms with Crippen molar-refractivity contribution in [1.29, 1.82) is 0 Å². The van der Waals surface area contributed by atoms with E-state index in [1.165, 1.54) is 0 Å².